The lowest BCUT2D eigenvalue weighted by Gasteiger charge is -2.36. The molecule has 0 spiro atoms. The quantitative estimate of drug-likeness (QED) is 0.918. The Kier molecular flexibility index (Phi) is 4.86. The zero-order valence-electron chi connectivity index (χ0n) is 13.1. The first kappa shape index (κ1) is 15.1. The number of ether oxygens (including phenoxy) is 1. The summed E-state index contributed by atoms with van der Waals surface area (Å²) in [5, 5.41) is 3.62. The summed E-state index contributed by atoms with van der Waals surface area (Å²) in [4.78, 5) is 6.63. The fourth-order valence-corrected chi connectivity index (χ4v) is 2.62. The van der Waals surface area contributed by atoms with Crippen LogP contribution in [-0.4, -0.2) is 37.3 Å². The molecule has 4 heteroatoms. The Labute approximate surface area is 122 Å². The van der Waals surface area contributed by atoms with E-state index in [9.17, 15) is 0 Å². The second-order valence-corrected chi connectivity index (χ2v) is 6.64. The van der Waals surface area contributed by atoms with Gasteiger partial charge in [0.1, 0.15) is 0 Å². The maximum Gasteiger partial charge on any atom is 0.214 e. The number of piperidine rings is 1. The zero-order valence-corrected chi connectivity index (χ0v) is 13.1. The average molecular weight is 277 g/mol. The van der Waals surface area contributed by atoms with Gasteiger partial charge in [-0.1, -0.05) is 0 Å². The van der Waals surface area contributed by atoms with Crippen molar-refractivity contribution in [2.24, 2.45) is 5.92 Å². The summed E-state index contributed by atoms with van der Waals surface area (Å²) in [5.74, 6) is 1.40. The standard InChI is InChI=1S/C16H27N3O/c1-16(2,3)18-11-13-6-5-9-19(12-13)14-7-8-17-15(10-14)20-4/h7-8,10,13,18H,5-6,9,11-12H2,1-4H3. The number of methoxy groups -OCH3 is 1. The molecule has 2 rings (SSSR count). The Morgan fingerprint density at radius 3 is 2.95 bits per heavy atom. The highest BCUT2D eigenvalue weighted by atomic mass is 16.5. The third-order valence-electron chi connectivity index (χ3n) is 3.73. The molecular weight excluding hydrogens is 250 g/mol. The van der Waals surface area contributed by atoms with Crippen LogP contribution in [0.4, 0.5) is 5.69 Å². The monoisotopic (exact) mass is 277 g/mol. The largest absolute Gasteiger partial charge is 0.481 e. The van der Waals surface area contributed by atoms with E-state index >= 15 is 0 Å². The van der Waals surface area contributed by atoms with Crippen LogP contribution in [0.15, 0.2) is 18.3 Å². The molecule has 1 aromatic heterocycles. The molecule has 1 aliphatic rings. The van der Waals surface area contributed by atoms with Crippen LogP contribution < -0.4 is 15.0 Å². The van der Waals surface area contributed by atoms with Crippen LogP contribution in [0.1, 0.15) is 33.6 Å². The van der Waals surface area contributed by atoms with Gasteiger partial charge in [-0.2, -0.15) is 0 Å². The lowest BCUT2D eigenvalue weighted by Crippen LogP contribution is -2.44. The molecule has 20 heavy (non-hydrogen) atoms. The highest BCUT2D eigenvalue weighted by molar-refractivity contribution is 5.48. The maximum atomic E-state index is 5.21. The van der Waals surface area contributed by atoms with E-state index in [4.69, 9.17) is 4.74 Å². The molecule has 1 fully saturated rings. The Balaban J connectivity index is 1.95. The first-order valence-corrected chi connectivity index (χ1v) is 7.48. The summed E-state index contributed by atoms with van der Waals surface area (Å²) in [7, 11) is 1.67. The Hall–Kier alpha value is -1.29. The molecule has 0 aliphatic carbocycles. The molecule has 1 saturated heterocycles. The normalized spacial score (nSPS) is 20.0. The first-order chi connectivity index (χ1) is 9.48. The Morgan fingerprint density at radius 1 is 1.45 bits per heavy atom. The molecular formula is C16H27N3O. The van der Waals surface area contributed by atoms with Gasteiger partial charge in [-0.05, 0) is 45.6 Å². The van der Waals surface area contributed by atoms with Crippen LogP contribution in [-0.2, 0) is 0 Å². The van der Waals surface area contributed by atoms with Crippen molar-refractivity contribution in [3.63, 3.8) is 0 Å². The Morgan fingerprint density at radius 2 is 2.25 bits per heavy atom. The van der Waals surface area contributed by atoms with Gasteiger partial charge in [0, 0.05) is 43.1 Å². The van der Waals surface area contributed by atoms with Crippen molar-refractivity contribution in [3.05, 3.63) is 18.3 Å². The van der Waals surface area contributed by atoms with E-state index in [2.05, 4.69) is 42.0 Å². The van der Waals surface area contributed by atoms with Crippen LogP contribution in [0.25, 0.3) is 0 Å². The smallest absolute Gasteiger partial charge is 0.214 e. The predicted molar refractivity (Wildman–Crippen MR) is 83.5 cm³/mol. The molecule has 0 aromatic carbocycles. The number of nitrogens with zero attached hydrogens (tertiary/aromatic N) is 2. The van der Waals surface area contributed by atoms with Crippen molar-refractivity contribution in [1.82, 2.24) is 10.3 Å². The van der Waals surface area contributed by atoms with Gasteiger partial charge in [0.15, 0.2) is 0 Å². The lowest BCUT2D eigenvalue weighted by molar-refractivity contribution is 0.335. The molecule has 112 valence electrons. The summed E-state index contributed by atoms with van der Waals surface area (Å²) in [5.41, 5.74) is 1.42. The molecule has 1 aromatic rings. The molecule has 1 aliphatic heterocycles. The third kappa shape index (κ3) is 4.37. The number of hydrogen-bond acceptors (Lipinski definition) is 4. The van der Waals surface area contributed by atoms with Crippen molar-refractivity contribution >= 4 is 5.69 Å². The summed E-state index contributed by atoms with van der Waals surface area (Å²) in [6.45, 7) is 9.99. The topological polar surface area (TPSA) is 37.4 Å². The van der Waals surface area contributed by atoms with Gasteiger partial charge < -0.3 is 15.0 Å². The number of anilines is 1. The van der Waals surface area contributed by atoms with Crippen LogP contribution in [0.5, 0.6) is 5.88 Å². The van der Waals surface area contributed by atoms with E-state index in [0.29, 0.717) is 11.8 Å². The lowest BCUT2D eigenvalue weighted by atomic mass is 9.96. The molecule has 1 unspecified atom stereocenters. The van der Waals surface area contributed by atoms with E-state index in [-0.39, 0.29) is 5.54 Å². The molecule has 0 amide bonds. The van der Waals surface area contributed by atoms with Gasteiger partial charge in [-0.15, -0.1) is 0 Å². The minimum absolute atomic E-state index is 0.197. The molecule has 1 atom stereocenters. The third-order valence-corrected chi connectivity index (χ3v) is 3.73. The van der Waals surface area contributed by atoms with Crippen LogP contribution in [0, 0.1) is 5.92 Å². The van der Waals surface area contributed by atoms with Crippen LogP contribution in [0.2, 0.25) is 0 Å². The second-order valence-electron chi connectivity index (χ2n) is 6.64. The first-order valence-electron chi connectivity index (χ1n) is 7.48. The number of hydrogen-bond donors (Lipinski definition) is 1. The minimum atomic E-state index is 0.197. The minimum Gasteiger partial charge on any atom is -0.481 e. The highest BCUT2D eigenvalue weighted by Gasteiger charge is 2.22. The fourth-order valence-electron chi connectivity index (χ4n) is 2.62. The van der Waals surface area contributed by atoms with E-state index in [1.54, 1.807) is 7.11 Å². The highest BCUT2D eigenvalue weighted by Crippen LogP contribution is 2.25. The number of aromatic nitrogens is 1. The summed E-state index contributed by atoms with van der Waals surface area (Å²) < 4.78 is 5.21. The van der Waals surface area contributed by atoms with Gasteiger partial charge in [0.05, 0.1) is 7.11 Å². The number of pyridine rings is 1. The molecule has 0 bridgehead atoms. The van der Waals surface area contributed by atoms with Gasteiger partial charge in [-0.25, -0.2) is 4.98 Å². The van der Waals surface area contributed by atoms with E-state index in [1.165, 1.54) is 18.5 Å². The van der Waals surface area contributed by atoms with E-state index in [1.807, 2.05) is 12.3 Å². The zero-order chi connectivity index (χ0) is 14.6. The van der Waals surface area contributed by atoms with Gasteiger partial charge in [-0.3, -0.25) is 0 Å². The predicted octanol–water partition coefficient (Wildman–Crippen LogP) is 2.69. The van der Waals surface area contributed by atoms with Crippen molar-refractivity contribution < 1.29 is 4.74 Å². The van der Waals surface area contributed by atoms with Gasteiger partial charge in [0.2, 0.25) is 5.88 Å². The summed E-state index contributed by atoms with van der Waals surface area (Å²) >= 11 is 0. The fraction of sp³-hybridized carbons (Fsp3) is 0.688. The average Bonchev–Trinajstić information content (AvgIpc) is 2.45. The second kappa shape index (κ2) is 6.44. The summed E-state index contributed by atoms with van der Waals surface area (Å²) in [6.07, 6.45) is 4.38. The molecule has 0 radical (unpaired) electrons. The van der Waals surface area contributed by atoms with Gasteiger partial charge in [0.25, 0.3) is 0 Å². The molecule has 1 N–H and O–H groups in total. The van der Waals surface area contributed by atoms with Crippen LogP contribution >= 0.6 is 0 Å². The Bertz CT molecular complexity index is 428. The SMILES string of the molecule is COc1cc(N2CCCC(CNC(C)(C)C)C2)ccn1. The molecule has 0 saturated carbocycles. The maximum absolute atomic E-state index is 5.21. The van der Waals surface area contributed by atoms with Crippen molar-refractivity contribution in [3.8, 4) is 5.88 Å². The summed E-state index contributed by atoms with van der Waals surface area (Å²) in [6, 6.07) is 4.10. The number of rotatable bonds is 4. The van der Waals surface area contributed by atoms with Crippen LogP contribution in [0.3, 0.4) is 0 Å². The van der Waals surface area contributed by atoms with Crippen molar-refractivity contribution in [2.45, 2.75) is 39.2 Å². The van der Waals surface area contributed by atoms with Gasteiger partial charge >= 0.3 is 0 Å². The van der Waals surface area contributed by atoms with E-state index in [0.717, 1.165) is 19.6 Å². The molecule has 4 nitrogen and oxygen atoms in total. The van der Waals surface area contributed by atoms with Crippen molar-refractivity contribution in [2.75, 3.05) is 31.6 Å². The number of nitrogens with one attached hydrogen (secondary N) is 1. The molecule has 2 heterocycles. The van der Waals surface area contributed by atoms with Crippen molar-refractivity contribution in [1.29, 1.82) is 0 Å². The van der Waals surface area contributed by atoms with E-state index < -0.39 is 0 Å².